The Morgan fingerprint density at radius 2 is 1.93 bits per heavy atom. The molecule has 40 heavy (non-hydrogen) atoms. The largest absolute Gasteiger partial charge is 0.493 e. The fraction of sp³-hybridized carbons (Fsp3) is 0.393. The van der Waals surface area contributed by atoms with Gasteiger partial charge in [-0.2, -0.15) is 5.10 Å². The van der Waals surface area contributed by atoms with E-state index >= 15 is 0 Å². The molecule has 0 bridgehead atoms. The summed E-state index contributed by atoms with van der Waals surface area (Å²) in [5, 5.41) is 19.8. The fourth-order valence-corrected chi connectivity index (χ4v) is 3.97. The second-order valence-electron chi connectivity index (χ2n) is 8.96. The molecule has 1 aliphatic heterocycles. The molecule has 0 aliphatic carbocycles. The van der Waals surface area contributed by atoms with E-state index in [0.29, 0.717) is 46.4 Å². The summed E-state index contributed by atoms with van der Waals surface area (Å²) < 4.78 is 27.7. The standard InChI is InChI=1S/C28H36N4O8/c1-7-38-22-13-18(25-24(27(34)37-6)17(4)30-28(35)31-25)11-12-20(22)39-15-23(33)32-29-14-19-9-8-10-21(36-5)26(19)40-16(2)3/h8-14,16,23,25,32-33H,7,15H2,1-6H3,(H2,30,31,35)/b29-14+/t23-,25+/m1/s1. The smallest absolute Gasteiger partial charge is 0.337 e. The van der Waals surface area contributed by atoms with E-state index in [4.69, 9.17) is 23.7 Å². The average Bonchev–Trinajstić information content (AvgIpc) is 2.92. The van der Waals surface area contributed by atoms with Gasteiger partial charge in [0, 0.05) is 11.3 Å². The molecule has 0 radical (unpaired) electrons. The number of urea groups is 1. The van der Waals surface area contributed by atoms with Crippen molar-refractivity contribution < 1.29 is 38.4 Å². The molecule has 0 spiro atoms. The number of nitrogens with zero attached hydrogens (tertiary/aromatic N) is 1. The molecule has 2 aromatic rings. The average molecular weight is 557 g/mol. The molecule has 0 aromatic heterocycles. The summed E-state index contributed by atoms with van der Waals surface area (Å²) in [5.41, 5.74) is 4.54. The third kappa shape index (κ3) is 7.56. The van der Waals surface area contributed by atoms with Gasteiger partial charge in [0.15, 0.2) is 29.2 Å². The Balaban J connectivity index is 1.71. The van der Waals surface area contributed by atoms with Gasteiger partial charge in [0.2, 0.25) is 0 Å². The second-order valence-corrected chi connectivity index (χ2v) is 8.96. The van der Waals surface area contributed by atoms with E-state index in [1.54, 1.807) is 38.3 Å². The molecule has 2 atom stereocenters. The molecule has 1 heterocycles. The minimum Gasteiger partial charge on any atom is -0.493 e. The number of allylic oxidation sites excluding steroid dienone is 1. The predicted molar refractivity (Wildman–Crippen MR) is 148 cm³/mol. The maximum Gasteiger partial charge on any atom is 0.337 e. The Hall–Kier alpha value is -4.45. The lowest BCUT2D eigenvalue weighted by Gasteiger charge is -2.28. The molecule has 216 valence electrons. The summed E-state index contributed by atoms with van der Waals surface area (Å²) in [4.78, 5) is 24.5. The molecule has 0 unspecified atom stereocenters. The zero-order valence-electron chi connectivity index (χ0n) is 23.4. The summed E-state index contributed by atoms with van der Waals surface area (Å²) in [5.74, 6) is 1.28. The highest BCUT2D eigenvalue weighted by Gasteiger charge is 2.32. The normalized spacial score (nSPS) is 15.8. The fourth-order valence-electron chi connectivity index (χ4n) is 3.97. The summed E-state index contributed by atoms with van der Waals surface area (Å²) >= 11 is 0. The number of hydrazone groups is 1. The number of benzene rings is 2. The van der Waals surface area contributed by atoms with Crippen LogP contribution in [0.25, 0.3) is 0 Å². The van der Waals surface area contributed by atoms with Gasteiger partial charge in [-0.25, -0.2) is 9.59 Å². The van der Waals surface area contributed by atoms with Crippen molar-refractivity contribution in [3.8, 4) is 23.0 Å². The van der Waals surface area contributed by atoms with Crippen LogP contribution in [0.1, 0.15) is 44.9 Å². The third-order valence-corrected chi connectivity index (χ3v) is 5.68. The zero-order valence-corrected chi connectivity index (χ0v) is 23.4. The number of aliphatic hydroxyl groups is 1. The van der Waals surface area contributed by atoms with Crippen molar-refractivity contribution in [1.29, 1.82) is 0 Å². The van der Waals surface area contributed by atoms with Crippen molar-refractivity contribution in [3.05, 3.63) is 58.8 Å². The molecule has 12 nitrogen and oxygen atoms in total. The van der Waals surface area contributed by atoms with Crippen molar-refractivity contribution in [3.63, 3.8) is 0 Å². The number of hydrogen-bond acceptors (Lipinski definition) is 10. The Morgan fingerprint density at radius 1 is 1.15 bits per heavy atom. The molecular formula is C28H36N4O8. The van der Waals surface area contributed by atoms with Crippen molar-refractivity contribution >= 4 is 18.2 Å². The first-order valence-electron chi connectivity index (χ1n) is 12.7. The quantitative estimate of drug-likeness (QED) is 0.126. The van der Waals surface area contributed by atoms with E-state index in [1.807, 2.05) is 32.9 Å². The van der Waals surface area contributed by atoms with Crippen molar-refractivity contribution in [2.24, 2.45) is 5.10 Å². The molecule has 3 rings (SSSR count). The van der Waals surface area contributed by atoms with Crippen LogP contribution in [0, 0.1) is 0 Å². The first kappa shape index (κ1) is 30.1. The number of rotatable bonds is 13. The number of amides is 2. The molecule has 0 saturated carbocycles. The molecule has 12 heteroatoms. The van der Waals surface area contributed by atoms with Crippen LogP contribution in [0.15, 0.2) is 52.8 Å². The summed E-state index contributed by atoms with van der Waals surface area (Å²) in [6, 6.07) is 9.23. The van der Waals surface area contributed by atoms with Crippen LogP contribution in [0.4, 0.5) is 4.79 Å². The molecule has 2 aromatic carbocycles. The van der Waals surface area contributed by atoms with Crippen LogP contribution < -0.4 is 35.0 Å². The highest BCUT2D eigenvalue weighted by Crippen LogP contribution is 2.35. The summed E-state index contributed by atoms with van der Waals surface area (Å²) in [6.07, 6.45) is 0.302. The van der Waals surface area contributed by atoms with Crippen molar-refractivity contribution in [1.82, 2.24) is 16.1 Å². The summed E-state index contributed by atoms with van der Waals surface area (Å²) in [6.45, 7) is 7.45. The summed E-state index contributed by atoms with van der Waals surface area (Å²) in [7, 11) is 2.83. The number of nitrogens with one attached hydrogen (secondary N) is 3. The van der Waals surface area contributed by atoms with Gasteiger partial charge in [-0.05, 0) is 57.5 Å². The third-order valence-electron chi connectivity index (χ3n) is 5.68. The van der Waals surface area contributed by atoms with E-state index < -0.39 is 24.3 Å². The Kier molecular flexibility index (Phi) is 10.6. The maximum atomic E-state index is 12.4. The minimum atomic E-state index is -1.15. The first-order chi connectivity index (χ1) is 19.2. The van der Waals surface area contributed by atoms with Crippen LogP contribution in [0.2, 0.25) is 0 Å². The van der Waals surface area contributed by atoms with Crippen LogP contribution in [0.5, 0.6) is 23.0 Å². The number of para-hydroxylation sites is 1. The van der Waals surface area contributed by atoms with E-state index in [-0.39, 0.29) is 18.3 Å². The monoisotopic (exact) mass is 556 g/mol. The number of methoxy groups -OCH3 is 2. The Labute approximate surface area is 233 Å². The SMILES string of the molecule is CCOc1cc([C@@H]2NC(=O)NC(C)=C2C(=O)OC)ccc1OC[C@@H](O)N/N=C/c1cccc(OC)c1OC(C)C. The Bertz CT molecular complexity index is 1260. The van der Waals surface area contributed by atoms with Gasteiger partial charge in [-0.3, -0.25) is 5.43 Å². The van der Waals surface area contributed by atoms with Crippen molar-refractivity contribution in [2.45, 2.75) is 46.1 Å². The van der Waals surface area contributed by atoms with Gasteiger partial charge in [0.25, 0.3) is 0 Å². The predicted octanol–water partition coefficient (Wildman–Crippen LogP) is 3.00. The van der Waals surface area contributed by atoms with Gasteiger partial charge < -0.3 is 39.4 Å². The van der Waals surface area contributed by atoms with E-state index in [1.165, 1.54) is 13.3 Å². The van der Waals surface area contributed by atoms with Gasteiger partial charge in [0.05, 0.1) is 44.8 Å². The van der Waals surface area contributed by atoms with Gasteiger partial charge >= 0.3 is 12.0 Å². The molecular weight excluding hydrogens is 520 g/mol. The van der Waals surface area contributed by atoms with Gasteiger partial charge in [-0.1, -0.05) is 12.1 Å². The number of carbonyl (C=O) groups is 2. The van der Waals surface area contributed by atoms with Crippen molar-refractivity contribution in [2.75, 3.05) is 27.4 Å². The molecule has 1 aliphatic rings. The van der Waals surface area contributed by atoms with Crippen LogP contribution in [-0.4, -0.2) is 63.1 Å². The van der Waals surface area contributed by atoms with Crippen LogP contribution in [-0.2, 0) is 9.53 Å². The van der Waals surface area contributed by atoms with E-state index in [2.05, 4.69) is 21.2 Å². The lowest BCUT2D eigenvalue weighted by Crippen LogP contribution is -2.45. The first-order valence-corrected chi connectivity index (χ1v) is 12.7. The van der Waals surface area contributed by atoms with Gasteiger partial charge in [-0.15, -0.1) is 0 Å². The van der Waals surface area contributed by atoms with Crippen LogP contribution in [0.3, 0.4) is 0 Å². The highest BCUT2D eigenvalue weighted by molar-refractivity contribution is 5.95. The number of hydrogen-bond donors (Lipinski definition) is 4. The van der Waals surface area contributed by atoms with Gasteiger partial charge in [0.1, 0.15) is 6.61 Å². The Morgan fingerprint density at radius 3 is 2.60 bits per heavy atom. The highest BCUT2D eigenvalue weighted by atomic mass is 16.5. The number of ether oxygens (including phenoxy) is 5. The van der Waals surface area contributed by atoms with E-state index in [9.17, 15) is 14.7 Å². The topological polar surface area (TPSA) is 149 Å². The van der Waals surface area contributed by atoms with E-state index in [0.717, 1.165) is 0 Å². The maximum absolute atomic E-state index is 12.4. The lowest BCUT2D eigenvalue weighted by atomic mass is 9.95. The lowest BCUT2D eigenvalue weighted by molar-refractivity contribution is -0.136. The number of carbonyl (C=O) groups excluding carboxylic acids is 2. The number of esters is 1. The molecule has 2 amide bonds. The molecule has 0 saturated heterocycles. The second kappa shape index (κ2) is 14.1. The van der Waals surface area contributed by atoms with Crippen LogP contribution >= 0.6 is 0 Å². The minimum absolute atomic E-state index is 0.0699. The molecule has 4 N–H and O–H groups in total. The zero-order chi connectivity index (χ0) is 29.2. The molecule has 0 fully saturated rings. The number of aliphatic hydroxyl groups excluding tert-OH is 1.